The zero-order valence-electron chi connectivity index (χ0n) is 19.5. The van der Waals surface area contributed by atoms with Gasteiger partial charge in [-0.05, 0) is 43.4 Å². The number of carbonyl (C=O) groups is 2. The molecule has 1 N–H and O–H groups in total. The molecule has 3 aromatic rings. The highest BCUT2D eigenvalue weighted by Crippen LogP contribution is 2.39. The molecule has 0 bridgehead atoms. The van der Waals surface area contributed by atoms with Crippen LogP contribution in [0.1, 0.15) is 77.2 Å². The molecule has 1 aromatic carbocycles. The number of benzene rings is 1. The molecule has 2 aliphatic rings. The number of nitrogens with zero attached hydrogens (tertiary/aromatic N) is 4. The van der Waals surface area contributed by atoms with Gasteiger partial charge in [0.25, 0.3) is 11.8 Å². The van der Waals surface area contributed by atoms with Crippen molar-refractivity contribution in [1.29, 1.82) is 0 Å². The minimum Gasteiger partial charge on any atom is -0.352 e. The van der Waals surface area contributed by atoms with Crippen molar-refractivity contribution in [2.24, 2.45) is 13.0 Å². The van der Waals surface area contributed by atoms with Crippen molar-refractivity contribution in [2.75, 3.05) is 19.6 Å². The van der Waals surface area contributed by atoms with E-state index in [0.29, 0.717) is 42.7 Å². The Morgan fingerprint density at radius 2 is 1.88 bits per heavy atom. The fourth-order valence-electron chi connectivity index (χ4n) is 4.60. The van der Waals surface area contributed by atoms with Crippen LogP contribution in [0.25, 0.3) is 10.9 Å². The average molecular weight is 446 g/mol. The highest BCUT2D eigenvalue weighted by molar-refractivity contribution is 6.06. The van der Waals surface area contributed by atoms with Crippen LogP contribution in [0.4, 0.5) is 0 Å². The molecule has 1 saturated heterocycles. The summed E-state index contributed by atoms with van der Waals surface area (Å²) in [5.41, 5.74) is 4.03. The van der Waals surface area contributed by atoms with Crippen molar-refractivity contribution in [1.82, 2.24) is 25.0 Å². The number of likely N-dealkylation sites (tertiary alicyclic amines) is 1. The lowest BCUT2D eigenvalue weighted by Crippen LogP contribution is -2.30. The third kappa shape index (κ3) is 4.36. The number of carbonyl (C=O) groups excluding carboxylic acids is 2. The molecule has 2 fully saturated rings. The zero-order valence-corrected chi connectivity index (χ0v) is 19.5. The molecular formula is C26H31N5O2. The van der Waals surface area contributed by atoms with Crippen LogP contribution in [0.2, 0.25) is 0 Å². The van der Waals surface area contributed by atoms with E-state index < -0.39 is 0 Å². The molecule has 1 aliphatic heterocycles. The number of hydrogen-bond donors (Lipinski definition) is 1. The first-order chi connectivity index (χ1) is 15.9. The predicted octanol–water partition coefficient (Wildman–Crippen LogP) is 3.86. The summed E-state index contributed by atoms with van der Waals surface area (Å²) in [6, 6.07) is 11.7. The van der Waals surface area contributed by atoms with Gasteiger partial charge in [-0.2, -0.15) is 5.10 Å². The van der Waals surface area contributed by atoms with Crippen LogP contribution in [0, 0.1) is 5.92 Å². The molecule has 7 heteroatoms. The third-order valence-electron chi connectivity index (χ3n) is 6.66. The quantitative estimate of drug-likeness (QED) is 0.625. The maximum atomic E-state index is 13.2. The summed E-state index contributed by atoms with van der Waals surface area (Å²) in [6.45, 7) is 6.06. The maximum absolute atomic E-state index is 13.2. The first kappa shape index (κ1) is 21.6. The summed E-state index contributed by atoms with van der Waals surface area (Å²) in [5, 5.41) is 8.45. The van der Waals surface area contributed by atoms with Gasteiger partial charge in [0.05, 0.1) is 16.8 Å². The second-order valence-electron chi connectivity index (χ2n) is 9.80. The van der Waals surface area contributed by atoms with Crippen LogP contribution in [0.5, 0.6) is 0 Å². The number of rotatable bonds is 6. The Kier molecular flexibility index (Phi) is 5.64. The number of pyridine rings is 1. The number of amides is 2. The summed E-state index contributed by atoms with van der Waals surface area (Å²) in [4.78, 5) is 33.0. The molecule has 1 saturated carbocycles. The normalized spacial score (nSPS) is 18.3. The number of aromatic nitrogens is 3. The van der Waals surface area contributed by atoms with E-state index >= 15 is 0 Å². The van der Waals surface area contributed by atoms with Crippen LogP contribution in [-0.4, -0.2) is 51.1 Å². The van der Waals surface area contributed by atoms with Crippen LogP contribution >= 0.6 is 0 Å². The van der Waals surface area contributed by atoms with E-state index in [1.807, 2.05) is 48.3 Å². The highest BCUT2D eigenvalue weighted by Gasteiger charge is 2.33. The molecule has 2 aromatic heterocycles. The Hall–Kier alpha value is -3.22. The SMILES string of the molecule is CC(C)CNC(=O)c1cc(C2CCN(C(=O)c3cc(C4CC4)nn3C)C2)nc2ccccc12. The van der Waals surface area contributed by atoms with Crippen molar-refractivity contribution in [3.63, 3.8) is 0 Å². The van der Waals surface area contributed by atoms with E-state index in [1.165, 1.54) is 0 Å². The molecule has 1 aliphatic carbocycles. The van der Waals surface area contributed by atoms with E-state index in [2.05, 4.69) is 24.3 Å². The van der Waals surface area contributed by atoms with Crippen LogP contribution in [-0.2, 0) is 7.05 Å². The van der Waals surface area contributed by atoms with Crippen molar-refractivity contribution in [3.8, 4) is 0 Å². The van der Waals surface area contributed by atoms with Gasteiger partial charge in [0.2, 0.25) is 0 Å². The first-order valence-electron chi connectivity index (χ1n) is 11.9. The minimum absolute atomic E-state index is 0.0232. The van der Waals surface area contributed by atoms with E-state index in [4.69, 9.17) is 4.98 Å². The maximum Gasteiger partial charge on any atom is 0.272 e. The second-order valence-corrected chi connectivity index (χ2v) is 9.80. The lowest BCUT2D eigenvalue weighted by molar-refractivity contribution is 0.0779. The third-order valence-corrected chi connectivity index (χ3v) is 6.66. The van der Waals surface area contributed by atoms with E-state index in [1.54, 1.807) is 4.68 Å². The smallest absolute Gasteiger partial charge is 0.272 e. The Morgan fingerprint density at radius 3 is 2.64 bits per heavy atom. The monoisotopic (exact) mass is 445 g/mol. The van der Waals surface area contributed by atoms with Crippen molar-refractivity contribution in [2.45, 2.75) is 44.9 Å². The van der Waals surface area contributed by atoms with E-state index in [9.17, 15) is 9.59 Å². The largest absolute Gasteiger partial charge is 0.352 e. The number of para-hydroxylation sites is 1. The summed E-state index contributed by atoms with van der Waals surface area (Å²) >= 11 is 0. The van der Waals surface area contributed by atoms with Gasteiger partial charge in [-0.15, -0.1) is 0 Å². The number of aryl methyl sites for hydroxylation is 1. The molecule has 1 unspecified atom stereocenters. The van der Waals surface area contributed by atoms with Gasteiger partial charge in [0, 0.05) is 49.6 Å². The van der Waals surface area contributed by atoms with E-state index in [-0.39, 0.29) is 17.7 Å². The molecule has 3 heterocycles. The summed E-state index contributed by atoms with van der Waals surface area (Å²) < 4.78 is 1.72. The van der Waals surface area contributed by atoms with Crippen molar-refractivity contribution in [3.05, 3.63) is 59.0 Å². The average Bonchev–Trinajstić information content (AvgIpc) is 3.41. The molecule has 0 spiro atoms. The molecule has 172 valence electrons. The Morgan fingerprint density at radius 1 is 1.09 bits per heavy atom. The molecule has 7 nitrogen and oxygen atoms in total. The van der Waals surface area contributed by atoms with Crippen LogP contribution in [0.3, 0.4) is 0 Å². The Balaban J connectivity index is 1.38. The minimum atomic E-state index is -0.0723. The van der Waals surface area contributed by atoms with Crippen molar-refractivity contribution >= 4 is 22.7 Å². The number of hydrogen-bond acceptors (Lipinski definition) is 4. The van der Waals surface area contributed by atoms with Gasteiger partial charge in [0.1, 0.15) is 5.69 Å². The van der Waals surface area contributed by atoms with Gasteiger partial charge in [-0.3, -0.25) is 19.3 Å². The lowest BCUT2D eigenvalue weighted by atomic mass is 9.99. The standard InChI is InChI=1S/C26H31N5O2/c1-16(2)14-27-25(32)20-12-22(28-21-7-5-4-6-19(20)21)18-10-11-31(15-18)26(33)24-13-23(17-8-9-17)29-30(24)3/h4-7,12-13,16-18H,8-11,14-15H2,1-3H3,(H,27,32). The van der Waals surface area contributed by atoms with Gasteiger partial charge in [-0.1, -0.05) is 32.0 Å². The molecular weight excluding hydrogens is 414 g/mol. The summed E-state index contributed by atoms with van der Waals surface area (Å²) in [7, 11) is 1.85. The van der Waals surface area contributed by atoms with Gasteiger partial charge in [0.15, 0.2) is 0 Å². The Bertz CT molecular complexity index is 1210. The van der Waals surface area contributed by atoms with Crippen LogP contribution < -0.4 is 5.32 Å². The summed E-state index contributed by atoms with van der Waals surface area (Å²) in [6.07, 6.45) is 3.16. The fraction of sp³-hybridized carbons (Fsp3) is 0.462. The Labute approximate surface area is 194 Å². The molecule has 5 rings (SSSR count). The summed E-state index contributed by atoms with van der Waals surface area (Å²) in [5.74, 6) is 0.952. The fourth-order valence-corrected chi connectivity index (χ4v) is 4.60. The first-order valence-corrected chi connectivity index (χ1v) is 11.9. The number of fused-ring (bicyclic) bond motifs is 1. The van der Waals surface area contributed by atoms with Crippen molar-refractivity contribution < 1.29 is 9.59 Å². The van der Waals surface area contributed by atoms with Gasteiger partial charge in [-0.25, -0.2) is 0 Å². The molecule has 33 heavy (non-hydrogen) atoms. The molecule has 0 radical (unpaired) electrons. The second kappa shape index (κ2) is 8.61. The number of nitrogens with one attached hydrogen (secondary N) is 1. The molecule has 2 amide bonds. The van der Waals surface area contributed by atoms with Gasteiger partial charge < -0.3 is 10.2 Å². The molecule has 1 atom stereocenters. The lowest BCUT2D eigenvalue weighted by Gasteiger charge is -2.17. The van der Waals surface area contributed by atoms with Gasteiger partial charge >= 0.3 is 0 Å². The predicted molar refractivity (Wildman–Crippen MR) is 127 cm³/mol. The topological polar surface area (TPSA) is 80.1 Å². The van der Waals surface area contributed by atoms with E-state index in [0.717, 1.165) is 41.6 Å². The highest BCUT2D eigenvalue weighted by atomic mass is 16.2. The zero-order chi connectivity index (χ0) is 23.1. The van der Waals surface area contributed by atoms with Crippen LogP contribution in [0.15, 0.2) is 36.4 Å².